The average molecular weight is 295 g/mol. The number of hydrogen-bond donors (Lipinski definition) is 0. The third kappa shape index (κ3) is 3.01. The molecule has 3 nitrogen and oxygen atoms in total. The van der Waals surface area contributed by atoms with E-state index in [1.807, 2.05) is 48.5 Å². The number of hydrogen-bond acceptors (Lipinski definition) is 4. The van der Waals surface area contributed by atoms with Crippen LogP contribution in [0.5, 0.6) is 5.75 Å². The van der Waals surface area contributed by atoms with Gasteiger partial charge in [-0.2, -0.15) is 0 Å². The molecule has 1 heterocycles. The zero-order valence-corrected chi connectivity index (χ0v) is 12.3. The lowest BCUT2D eigenvalue weighted by Crippen LogP contribution is -1.92. The molecule has 3 rings (SSSR count). The molecular formula is C17H13NO2S. The first-order valence-electron chi connectivity index (χ1n) is 6.48. The Balaban J connectivity index is 1.79. The summed E-state index contributed by atoms with van der Waals surface area (Å²) < 4.78 is 6.12. The van der Waals surface area contributed by atoms with Gasteiger partial charge in [-0.3, -0.25) is 4.79 Å². The lowest BCUT2D eigenvalue weighted by molar-refractivity contribution is 0.104. The second-order valence-electron chi connectivity index (χ2n) is 4.46. The lowest BCUT2D eigenvalue weighted by Gasteiger charge is -1.98. The Labute approximate surface area is 126 Å². The average Bonchev–Trinajstić information content (AvgIpc) is 2.97. The maximum Gasteiger partial charge on any atom is 0.214 e. The fourth-order valence-electron chi connectivity index (χ4n) is 1.94. The molecule has 1 aromatic heterocycles. The Morgan fingerprint density at radius 3 is 2.62 bits per heavy atom. The Bertz CT molecular complexity index is 770. The molecular weight excluding hydrogens is 282 g/mol. The van der Waals surface area contributed by atoms with Gasteiger partial charge in [-0.05, 0) is 35.9 Å². The lowest BCUT2D eigenvalue weighted by atomic mass is 10.2. The van der Waals surface area contributed by atoms with Crippen LogP contribution in [-0.4, -0.2) is 17.9 Å². The number of rotatable bonds is 4. The molecule has 0 radical (unpaired) electrons. The van der Waals surface area contributed by atoms with Crippen LogP contribution in [0, 0.1) is 0 Å². The number of carbonyl (C=O) groups excluding carboxylic acids is 1. The highest BCUT2D eigenvalue weighted by Crippen LogP contribution is 2.22. The van der Waals surface area contributed by atoms with E-state index in [4.69, 9.17) is 4.74 Å². The Morgan fingerprint density at radius 1 is 1.14 bits per heavy atom. The van der Waals surface area contributed by atoms with Crippen molar-refractivity contribution in [3.05, 3.63) is 65.2 Å². The fourth-order valence-corrected chi connectivity index (χ4v) is 2.82. The minimum absolute atomic E-state index is 0.0768. The summed E-state index contributed by atoms with van der Waals surface area (Å²) in [6, 6.07) is 15.3. The molecule has 0 spiro atoms. The van der Waals surface area contributed by atoms with Crippen LogP contribution in [0.3, 0.4) is 0 Å². The largest absolute Gasteiger partial charge is 0.497 e. The van der Waals surface area contributed by atoms with Crippen LogP contribution in [0.2, 0.25) is 0 Å². The molecule has 0 saturated heterocycles. The summed E-state index contributed by atoms with van der Waals surface area (Å²) in [5.41, 5.74) is 1.81. The molecule has 21 heavy (non-hydrogen) atoms. The number of para-hydroxylation sites is 1. The van der Waals surface area contributed by atoms with Crippen LogP contribution < -0.4 is 4.74 Å². The fraction of sp³-hybridized carbons (Fsp3) is 0.0588. The number of aromatic nitrogens is 1. The highest BCUT2D eigenvalue weighted by Gasteiger charge is 2.08. The number of methoxy groups -OCH3 is 1. The molecule has 104 valence electrons. The molecule has 0 unspecified atom stereocenters. The molecule has 0 fully saturated rings. The highest BCUT2D eigenvalue weighted by atomic mass is 32.1. The third-order valence-corrected chi connectivity index (χ3v) is 4.10. The smallest absolute Gasteiger partial charge is 0.214 e. The molecule has 4 heteroatoms. The Hall–Kier alpha value is -2.46. The van der Waals surface area contributed by atoms with Crippen molar-refractivity contribution in [3.8, 4) is 5.75 Å². The molecule has 0 amide bonds. The van der Waals surface area contributed by atoms with Crippen molar-refractivity contribution in [2.24, 2.45) is 0 Å². The van der Waals surface area contributed by atoms with Crippen LogP contribution in [-0.2, 0) is 0 Å². The summed E-state index contributed by atoms with van der Waals surface area (Å²) in [6.07, 6.45) is 3.34. The zero-order chi connectivity index (χ0) is 14.7. The van der Waals surface area contributed by atoms with Gasteiger partial charge in [-0.25, -0.2) is 4.98 Å². The van der Waals surface area contributed by atoms with Gasteiger partial charge in [-0.15, -0.1) is 11.3 Å². The SMILES string of the molecule is COc1ccc(/C=C/C(=O)c2nc3ccccc3s2)cc1. The highest BCUT2D eigenvalue weighted by molar-refractivity contribution is 7.20. The maximum absolute atomic E-state index is 12.1. The first-order valence-corrected chi connectivity index (χ1v) is 7.30. The van der Waals surface area contributed by atoms with Crippen molar-refractivity contribution in [3.63, 3.8) is 0 Å². The number of nitrogens with zero attached hydrogens (tertiary/aromatic N) is 1. The number of fused-ring (bicyclic) bond motifs is 1. The molecule has 0 aliphatic carbocycles. The predicted molar refractivity (Wildman–Crippen MR) is 86.0 cm³/mol. The number of carbonyl (C=O) groups is 1. The van der Waals surface area contributed by atoms with Gasteiger partial charge in [0.15, 0.2) is 5.01 Å². The van der Waals surface area contributed by atoms with E-state index in [9.17, 15) is 4.79 Å². The van der Waals surface area contributed by atoms with Gasteiger partial charge in [0.2, 0.25) is 5.78 Å². The van der Waals surface area contributed by atoms with Crippen LogP contribution in [0.25, 0.3) is 16.3 Å². The minimum atomic E-state index is -0.0768. The number of thiazole rings is 1. The van der Waals surface area contributed by atoms with Crippen molar-refractivity contribution in [1.29, 1.82) is 0 Å². The van der Waals surface area contributed by atoms with Crippen molar-refractivity contribution in [1.82, 2.24) is 4.98 Å². The van der Waals surface area contributed by atoms with E-state index in [0.717, 1.165) is 21.5 Å². The van der Waals surface area contributed by atoms with Gasteiger partial charge in [-0.1, -0.05) is 30.3 Å². The van der Waals surface area contributed by atoms with Gasteiger partial charge in [0.25, 0.3) is 0 Å². The van der Waals surface area contributed by atoms with E-state index in [1.165, 1.54) is 11.3 Å². The Morgan fingerprint density at radius 2 is 1.90 bits per heavy atom. The standard InChI is InChI=1S/C17H13NO2S/c1-20-13-9-6-12(7-10-13)8-11-15(19)17-18-14-4-2-3-5-16(14)21-17/h2-11H,1H3/b11-8+. The van der Waals surface area contributed by atoms with Gasteiger partial charge in [0, 0.05) is 0 Å². The summed E-state index contributed by atoms with van der Waals surface area (Å²) >= 11 is 1.41. The van der Waals surface area contributed by atoms with E-state index in [-0.39, 0.29) is 5.78 Å². The monoisotopic (exact) mass is 295 g/mol. The molecule has 3 aromatic rings. The van der Waals surface area contributed by atoms with Crippen molar-refractivity contribution >= 4 is 33.4 Å². The number of benzene rings is 2. The summed E-state index contributed by atoms with van der Waals surface area (Å²) in [4.78, 5) is 16.5. The summed E-state index contributed by atoms with van der Waals surface area (Å²) in [5, 5.41) is 0.515. The van der Waals surface area contributed by atoms with Crippen LogP contribution >= 0.6 is 11.3 Å². The third-order valence-electron chi connectivity index (χ3n) is 3.05. The first kappa shape index (κ1) is 13.5. The van der Waals surface area contributed by atoms with E-state index in [0.29, 0.717) is 5.01 Å². The van der Waals surface area contributed by atoms with E-state index >= 15 is 0 Å². The van der Waals surface area contributed by atoms with Crippen LogP contribution in [0.4, 0.5) is 0 Å². The summed E-state index contributed by atoms with van der Waals surface area (Å²) in [6.45, 7) is 0. The molecule has 2 aromatic carbocycles. The van der Waals surface area contributed by atoms with E-state index in [1.54, 1.807) is 19.3 Å². The summed E-state index contributed by atoms with van der Waals surface area (Å²) in [5.74, 6) is 0.719. The minimum Gasteiger partial charge on any atom is -0.497 e. The normalized spacial score (nSPS) is 11.1. The molecule has 0 aliphatic rings. The van der Waals surface area contributed by atoms with Gasteiger partial charge < -0.3 is 4.74 Å². The topological polar surface area (TPSA) is 39.2 Å². The molecule has 0 bridgehead atoms. The second kappa shape index (κ2) is 5.89. The van der Waals surface area contributed by atoms with Gasteiger partial charge in [0.05, 0.1) is 17.3 Å². The zero-order valence-electron chi connectivity index (χ0n) is 11.4. The first-order chi connectivity index (χ1) is 10.3. The van der Waals surface area contributed by atoms with Crippen molar-refractivity contribution in [2.45, 2.75) is 0 Å². The molecule has 0 atom stereocenters. The van der Waals surface area contributed by atoms with Crippen molar-refractivity contribution < 1.29 is 9.53 Å². The Kier molecular flexibility index (Phi) is 3.79. The maximum atomic E-state index is 12.1. The molecule has 0 aliphatic heterocycles. The molecule has 0 saturated carbocycles. The van der Waals surface area contributed by atoms with Crippen LogP contribution in [0.1, 0.15) is 15.4 Å². The van der Waals surface area contributed by atoms with E-state index < -0.39 is 0 Å². The van der Waals surface area contributed by atoms with E-state index in [2.05, 4.69) is 4.98 Å². The number of ether oxygens (including phenoxy) is 1. The van der Waals surface area contributed by atoms with Crippen molar-refractivity contribution in [2.75, 3.05) is 7.11 Å². The second-order valence-corrected chi connectivity index (χ2v) is 5.49. The summed E-state index contributed by atoms with van der Waals surface area (Å²) in [7, 11) is 1.63. The quantitative estimate of drug-likeness (QED) is 0.535. The predicted octanol–water partition coefficient (Wildman–Crippen LogP) is 4.20. The number of ketones is 1. The van der Waals surface area contributed by atoms with Gasteiger partial charge >= 0.3 is 0 Å². The molecule has 0 N–H and O–H groups in total. The van der Waals surface area contributed by atoms with Crippen LogP contribution in [0.15, 0.2) is 54.6 Å². The number of allylic oxidation sites excluding steroid dienone is 1. The van der Waals surface area contributed by atoms with Gasteiger partial charge in [0.1, 0.15) is 5.75 Å².